The molecule has 2 rings (SSSR count). The number of hydrogen-bond acceptors (Lipinski definition) is 3. The number of para-hydroxylation sites is 1. The van der Waals surface area contributed by atoms with E-state index in [1.54, 1.807) is 4.68 Å². The van der Waals surface area contributed by atoms with Crippen molar-refractivity contribution in [3.63, 3.8) is 0 Å². The van der Waals surface area contributed by atoms with E-state index < -0.39 is 0 Å². The summed E-state index contributed by atoms with van der Waals surface area (Å²) in [4.78, 5) is 0. The van der Waals surface area contributed by atoms with Crippen molar-refractivity contribution >= 4 is 11.6 Å². The largest absolute Gasteiger partial charge is 0.196 e. The molecule has 0 N–H and O–H groups in total. The van der Waals surface area contributed by atoms with Crippen LogP contribution in [0.15, 0.2) is 24.3 Å². The second-order valence-corrected chi connectivity index (χ2v) is 3.22. The average molecular weight is 209 g/mol. The molecule has 2 aromatic rings. The Morgan fingerprint density at radius 3 is 2.86 bits per heavy atom. The first-order valence-electron chi connectivity index (χ1n) is 4.35. The van der Waals surface area contributed by atoms with Gasteiger partial charge in [0.15, 0.2) is 5.82 Å². The lowest BCUT2D eigenvalue weighted by molar-refractivity contribution is 0.766. The molecule has 4 nitrogen and oxygen atoms in total. The first-order chi connectivity index (χ1) is 6.83. The predicted molar refractivity (Wildman–Crippen MR) is 53.5 cm³/mol. The molecule has 5 heteroatoms. The maximum atomic E-state index is 6.03. The van der Waals surface area contributed by atoms with E-state index in [4.69, 9.17) is 11.6 Å². The van der Waals surface area contributed by atoms with Crippen LogP contribution in [0.5, 0.6) is 0 Å². The predicted octanol–water partition coefficient (Wildman–Crippen LogP) is 1.88. The van der Waals surface area contributed by atoms with E-state index in [0.717, 1.165) is 17.9 Å². The van der Waals surface area contributed by atoms with Crippen LogP contribution in [0.4, 0.5) is 0 Å². The van der Waals surface area contributed by atoms with Gasteiger partial charge in [-0.3, -0.25) is 0 Å². The zero-order chi connectivity index (χ0) is 9.97. The van der Waals surface area contributed by atoms with Crippen LogP contribution >= 0.6 is 11.6 Å². The van der Waals surface area contributed by atoms with Crippen molar-refractivity contribution in [2.75, 3.05) is 0 Å². The Morgan fingerprint density at radius 1 is 1.36 bits per heavy atom. The molecule has 1 aromatic carbocycles. The summed E-state index contributed by atoms with van der Waals surface area (Å²) in [6, 6.07) is 7.49. The maximum absolute atomic E-state index is 6.03. The first-order valence-corrected chi connectivity index (χ1v) is 4.73. The fourth-order valence-electron chi connectivity index (χ4n) is 1.24. The molecular formula is C9H9ClN4. The van der Waals surface area contributed by atoms with Gasteiger partial charge >= 0.3 is 0 Å². The molecule has 0 fully saturated rings. The minimum Gasteiger partial charge on any atom is -0.196 e. The summed E-state index contributed by atoms with van der Waals surface area (Å²) in [6.45, 7) is 2.00. The van der Waals surface area contributed by atoms with E-state index >= 15 is 0 Å². The molecule has 0 aliphatic rings. The van der Waals surface area contributed by atoms with Gasteiger partial charge in [0.05, 0.1) is 10.7 Å². The number of hydrogen-bond donors (Lipinski definition) is 0. The van der Waals surface area contributed by atoms with Crippen LogP contribution in [0, 0.1) is 0 Å². The third kappa shape index (κ3) is 1.48. The molecule has 0 aliphatic carbocycles. The smallest absolute Gasteiger partial charge is 0.156 e. The minimum absolute atomic E-state index is 0.648. The fourth-order valence-corrected chi connectivity index (χ4v) is 1.45. The Bertz CT molecular complexity index is 438. The van der Waals surface area contributed by atoms with Gasteiger partial charge in [-0.2, -0.15) is 4.68 Å². The summed E-state index contributed by atoms with van der Waals surface area (Å²) in [6.07, 6.45) is 0.776. The molecule has 0 aliphatic heterocycles. The van der Waals surface area contributed by atoms with E-state index in [0.29, 0.717) is 5.02 Å². The van der Waals surface area contributed by atoms with E-state index in [1.807, 2.05) is 31.2 Å². The Labute approximate surface area is 86.5 Å². The van der Waals surface area contributed by atoms with Crippen molar-refractivity contribution in [3.8, 4) is 5.69 Å². The Kier molecular flexibility index (Phi) is 2.45. The molecule has 1 heterocycles. The highest BCUT2D eigenvalue weighted by Gasteiger charge is 2.08. The molecule has 72 valence electrons. The van der Waals surface area contributed by atoms with Gasteiger partial charge in [0, 0.05) is 6.42 Å². The van der Waals surface area contributed by atoms with Crippen molar-refractivity contribution in [3.05, 3.63) is 35.1 Å². The van der Waals surface area contributed by atoms with Gasteiger partial charge in [-0.1, -0.05) is 30.7 Å². The van der Waals surface area contributed by atoms with Crippen LogP contribution in [0.2, 0.25) is 5.02 Å². The van der Waals surface area contributed by atoms with Gasteiger partial charge < -0.3 is 0 Å². The maximum Gasteiger partial charge on any atom is 0.156 e. The third-order valence-electron chi connectivity index (χ3n) is 1.93. The highest BCUT2D eigenvalue weighted by atomic mass is 35.5. The SMILES string of the molecule is CCc1nnnn1-c1ccccc1Cl. The van der Waals surface area contributed by atoms with E-state index in [9.17, 15) is 0 Å². The van der Waals surface area contributed by atoms with Crippen LogP contribution in [0.25, 0.3) is 5.69 Å². The standard InChI is InChI=1S/C9H9ClN4/c1-2-9-11-12-13-14(9)8-6-4-3-5-7(8)10/h3-6H,2H2,1H3. The summed E-state index contributed by atoms with van der Waals surface area (Å²) in [5.41, 5.74) is 0.816. The first kappa shape index (κ1) is 9.15. The van der Waals surface area contributed by atoms with Crippen LogP contribution in [0.3, 0.4) is 0 Å². The molecule has 0 saturated heterocycles. The minimum atomic E-state index is 0.648. The number of rotatable bonds is 2. The molecule has 1 aromatic heterocycles. The van der Waals surface area contributed by atoms with E-state index in [-0.39, 0.29) is 0 Å². The molecular weight excluding hydrogens is 200 g/mol. The summed E-state index contributed by atoms with van der Waals surface area (Å²) in [7, 11) is 0. The topological polar surface area (TPSA) is 43.6 Å². The number of aromatic nitrogens is 4. The van der Waals surface area contributed by atoms with Crippen molar-refractivity contribution in [2.24, 2.45) is 0 Å². The fraction of sp³-hybridized carbons (Fsp3) is 0.222. The van der Waals surface area contributed by atoms with Crippen molar-refractivity contribution in [2.45, 2.75) is 13.3 Å². The lowest BCUT2D eigenvalue weighted by Crippen LogP contribution is -2.02. The second-order valence-electron chi connectivity index (χ2n) is 2.81. The molecule has 0 bridgehead atoms. The second kappa shape index (κ2) is 3.75. The van der Waals surface area contributed by atoms with Crippen molar-refractivity contribution in [1.29, 1.82) is 0 Å². The Hall–Kier alpha value is -1.42. The molecule has 14 heavy (non-hydrogen) atoms. The van der Waals surface area contributed by atoms with Crippen LogP contribution in [-0.2, 0) is 6.42 Å². The summed E-state index contributed by atoms with van der Waals surface area (Å²) in [5, 5.41) is 12.0. The molecule has 0 saturated carbocycles. The van der Waals surface area contributed by atoms with Crippen LogP contribution in [-0.4, -0.2) is 20.2 Å². The van der Waals surface area contributed by atoms with Gasteiger partial charge in [-0.05, 0) is 22.6 Å². The van der Waals surface area contributed by atoms with Crippen molar-refractivity contribution < 1.29 is 0 Å². The van der Waals surface area contributed by atoms with Gasteiger partial charge in [0.2, 0.25) is 0 Å². The van der Waals surface area contributed by atoms with Crippen molar-refractivity contribution in [1.82, 2.24) is 20.2 Å². The van der Waals surface area contributed by atoms with Gasteiger partial charge in [-0.15, -0.1) is 5.10 Å². The number of nitrogens with zero attached hydrogens (tertiary/aromatic N) is 4. The summed E-state index contributed by atoms with van der Waals surface area (Å²) < 4.78 is 1.66. The van der Waals surface area contributed by atoms with Gasteiger partial charge in [0.25, 0.3) is 0 Å². The lowest BCUT2D eigenvalue weighted by atomic mass is 10.3. The lowest BCUT2D eigenvalue weighted by Gasteiger charge is -2.03. The normalized spacial score (nSPS) is 10.4. The monoisotopic (exact) mass is 208 g/mol. The van der Waals surface area contributed by atoms with E-state index in [1.165, 1.54) is 0 Å². The zero-order valence-corrected chi connectivity index (χ0v) is 8.44. The third-order valence-corrected chi connectivity index (χ3v) is 2.25. The molecule has 0 amide bonds. The Morgan fingerprint density at radius 2 is 2.14 bits per heavy atom. The highest BCUT2D eigenvalue weighted by molar-refractivity contribution is 6.32. The molecule has 0 unspecified atom stereocenters. The molecule has 0 atom stereocenters. The van der Waals surface area contributed by atoms with Crippen LogP contribution in [0.1, 0.15) is 12.7 Å². The summed E-state index contributed by atoms with van der Waals surface area (Å²) in [5.74, 6) is 0.804. The number of halogens is 1. The number of benzene rings is 1. The highest BCUT2D eigenvalue weighted by Crippen LogP contribution is 2.19. The van der Waals surface area contributed by atoms with E-state index in [2.05, 4.69) is 15.5 Å². The Balaban J connectivity index is 2.54. The van der Waals surface area contributed by atoms with Gasteiger partial charge in [0.1, 0.15) is 0 Å². The molecule has 0 radical (unpaired) electrons. The zero-order valence-electron chi connectivity index (χ0n) is 7.68. The van der Waals surface area contributed by atoms with Crippen LogP contribution < -0.4 is 0 Å². The molecule has 0 spiro atoms. The number of aryl methyl sites for hydroxylation is 1. The quantitative estimate of drug-likeness (QED) is 0.757. The summed E-state index contributed by atoms with van der Waals surface area (Å²) >= 11 is 6.03. The number of tetrazole rings is 1. The van der Waals surface area contributed by atoms with Gasteiger partial charge in [-0.25, -0.2) is 0 Å². The average Bonchev–Trinajstić information content (AvgIpc) is 2.66.